The van der Waals surface area contributed by atoms with Gasteiger partial charge in [-0.05, 0) is 55.6 Å². The first kappa shape index (κ1) is 19.4. The van der Waals surface area contributed by atoms with Crippen LogP contribution in [0.3, 0.4) is 0 Å². The molecule has 0 spiro atoms. The Morgan fingerprint density at radius 1 is 1.15 bits per heavy atom. The van der Waals surface area contributed by atoms with Crippen LogP contribution < -0.4 is 5.32 Å². The number of nitrogens with zero attached hydrogens (tertiary/aromatic N) is 2. The molecule has 1 aliphatic heterocycles. The number of hydrogen-bond acceptors (Lipinski definition) is 2. The molecule has 0 aromatic heterocycles. The lowest BCUT2D eigenvalue weighted by molar-refractivity contribution is 0.126. The van der Waals surface area contributed by atoms with Gasteiger partial charge in [0.05, 0.1) is 0 Å². The summed E-state index contributed by atoms with van der Waals surface area (Å²) in [6.07, 6.45) is 1.91. The molecule has 0 aliphatic carbocycles. The zero-order valence-corrected chi connectivity index (χ0v) is 16.1. The third-order valence-electron chi connectivity index (χ3n) is 5.36. The number of amides is 2. The van der Waals surface area contributed by atoms with Gasteiger partial charge in [-0.1, -0.05) is 37.3 Å². The summed E-state index contributed by atoms with van der Waals surface area (Å²) in [5.41, 5.74) is 2.81. The summed E-state index contributed by atoms with van der Waals surface area (Å²) >= 11 is 0. The Bertz CT molecular complexity index is 754. The van der Waals surface area contributed by atoms with Crippen molar-refractivity contribution in [1.82, 2.24) is 9.80 Å². The second-order valence-electron chi connectivity index (χ2n) is 7.16. The normalized spacial score (nSPS) is 15.5. The van der Waals surface area contributed by atoms with Gasteiger partial charge in [0.15, 0.2) is 0 Å². The third kappa shape index (κ3) is 5.07. The highest BCUT2D eigenvalue weighted by molar-refractivity contribution is 5.90. The van der Waals surface area contributed by atoms with Crippen molar-refractivity contribution in [2.24, 2.45) is 0 Å². The van der Waals surface area contributed by atoms with Crippen molar-refractivity contribution in [3.63, 3.8) is 0 Å². The van der Waals surface area contributed by atoms with Crippen LogP contribution >= 0.6 is 0 Å². The Labute approximate surface area is 161 Å². The fourth-order valence-electron chi connectivity index (χ4n) is 3.60. The maximum atomic E-state index is 13.3. The van der Waals surface area contributed by atoms with Crippen molar-refractivity contribution >= 4 is 11.7 Å². The van der Waals surface area contributed by atoms with Gasteiger partial charge in [0.25, 0.3) is 0 Å². The smallest absolute Gasteiger partial charge is 0.317 e. The number of halogens is 1. The number of piperidine rings is 1. The zero-order valence-electron chi connectivity index (χ0n) is 16.1. The molecule has 5 heteroatoms. The number of urea groups is 1. The number of benzene rings is 2. The van der Waals surface area contributed by atoms with Crippen molar-refractivity contribution in [3.05, 3.63) is 65.5 Å². The molecule has 144 valence electrons. The summed E-state index contributed by atoms with van der Waals surface area (Å²) in [5.74, 6) is -0.258. The van der Waals surface area contributed by atoms with Crippen LogP contribution in [0.1, 0.15) is 30.9 Å². The van der Waals surface area contributed by atoms with Gasteiger partial charge >= 0.3 is 6.03 Å². The molecule has 3 rings (SSSR count). The van der Waals surface area contributed by atoms with Crippen molar-refractivity contribution < 1.29 is 9.18 Å². The Morgan fingerprint density at radius 3 is 2.44 bits per heavy atom. The highest BCUT2D eigenvalue weighted by Gasteiger charge is 2.28. The highest BCUT2D eigenvalue weighted by atomic mass is 19.1. The number of para-hydroxylation sites is 1. The Morgan fingerprint density at radius 2 is 1.81 bits per heavy atom. The van der Waals surface area contributed by atoms with Gasteiger partial charge in [0, 0.05) is 31.4 Å². The molecule has 0 radical (unpaired) electrons. The number of likely N-dealkylation sites (tertiary alicyclic amines) is 1. The molecule has 2 aromatic rings. The molecule has 1 saturated heterocycles. The topological polar surface area (TPSA) is 35.6 Å². The quantitative estimate of drug-likeness (QED) is 0.832. The van der Waals surface area contributed by atoms with Gasteiger partial charge in [-0.25, -0.2) is 9.18 Å². The molecule has 1 aliphatic rings. The molecule has 0 unspecified atom stereocenters. The van der Waals surface area contributed by atoms with Gasteiger partial charge in [-0.15, -0.1) is 0 Å². The van der Waals surface area contributed by atoms with E-state index in [0.29, 0.717) is 6.54 Å². The highest BCUT2D eigenvalue weighted by Crippen LogP contribution is 2.22. The first-order valence-corrected chi connectivity index (χ1v) is 9.67. The summed E-state index contributed by atoms with van der Waals surface area (Å²) < 4.78 is 13.3. The zero-order chi connectivity index (χ0) is 19.2. The van der Waals surface area contributed by atoms with Gasteiger partial charge in [-0.2, -0.15) is 0 Å². The van der Waals surface area contributed by atoms with Crippen molar-refractivity contribution in [2.45, 2.75) is 39.3 Å². The lowest BCUT2D eigenvalue weighted by atomic mass is 10.0. The molecular weight excluding hydrogens is 341 g/mol. The van der Waals surface area contributed by atoms with E-state index in [1.165, 1.54) is 12.1 Å². The molecule has 1 fully saturated rings. The van der Waals surface area contributed by atoms with Gasteiger partial charge < -0.3 is 15.1 Å². The number of aryl methyl sites for hydroxylation is 1. The van der Waals surface area contributed by atoms with E-state index < -0.39 is 0 Å². The monoisotopic (exact) mass is 369 g/mol. The Kier molecular flexibility index (Phi) is 6.45. The van der Waals surface area contributed by atoms with Crippen LogP contribution in [-0.4, -0.2) is 41.5 Å². The SMILES string of the molecule is CCN1CCC(N(Cc2ccc(F)cc2)C(=O)Nc2ccccc2C)CC1. The average Bonchev–Trinajstić information content (AvgIpc) is 2.69. The van der Waals surface area contributed by atoms with Crippen LogP contribution in [0.2, 0.25) is 0 Å². The molecule has 0 saturated carbocycles. The second-order valence-corrected chi connectivity index (χ2v) is 7.16. The Balaban J connectivity index is 1.77. The van der Waals surface area contributed by atoms with Crippen LogP contribution in [0.5, 0.6) is 0 Å². The molecule has 0 bridgehead atoms. The minimum atomic E-state index is -0.258. The Hall–Kier alpha value is -2.40. The van der Waals surface area contributed by atoms with E-state index in [4.69, 9.17) is 0 Å². The van der Waals surface area contributed by atoms with E-state index in [1.54, 1.807) is 12.1 Å². The van der Waals surface area contributed by atoms with E-state index in [-0.39, 0.29) is 17.9 Å². The molecule has 1 heterocycles. The van der Waals surface area contributed by atoms with Crippen LogP contribution in [0.15, 0.2) is 48.5 Å². The number of carbonyl (C=O) groups is 1. The number of rotatable bonds is 5. The number of hydrogen-bond donors (Lipinski definition) is 1. The summed E-state index contributed by atoms with van der Waals surface area (Å²) in [6, 6.07) is 14.3. The first-order valence-electron chi connectivity index (χ1n) is 9.67. The first-order chi connectivity index (χ1) is 13.1. The summed E-state index contributed by atoms with van der Waals surface area (Å²) in [4.78, 5) is 17.4. The van der Waals surface area contributed by atoms with Gasteiger partial charge in [-0.3, -0.25) is 0 Å². The van der Waals surface area contributed by atoms with Crippen molar-refractivity contribution in [2.75, 3.05) is 25.0 Å². The van der Waals surface area contributed by atoms with E-state index in [9.17, 15) is 9.18 Å². The van der Waals surface area contributed by atoms with E-state index >= 15 is 0 Å². The summed E-state index contributed by atoms with van der Waals surface area (Å²) in [5, 5.41) is 3.06. The van der Waals surface area contributed by atoms with Crippen LogP contribution in [0.4, 0.5) is 14.9 Å². The number of nitrogens with one attached hydrogen (secondary N) is 1. The lowest BCUT2D eigenvalue weighted by Crippen LogP contribution is -2.48. The van der Waals surface area contributed by atoms with E-state index in [1.807, 2.05) is 36.1 Å². The van der Waals surface area contributed by atoms with Gasteiger partial charge in [0.1, 0.15) is 5.82 Å². The average molecular weight is 369 g/mol. The lowest BCUT2D eigenvalue weighted by Gasteiger charge is -2.38. The number of anilines is 1. The van der Waals surface area contributed by atoms with Crippen molar-refractivity contribution in [3.8, 4) is 0 Å². The third-order valence-corrected chi connectivity index (χ3v) is 5.36. The largest absolute Gasteiger partial charge is 0.322 e. The number of carbonyl (C=O) groups excluding carboxylic acids is 1. The van der Waals surface area contributed by atoms with Crippen molar-refractivity contribution in [1.29, 1.82) is 0 Å². The van der Waals surface area contributed by atoms with E-state index in [0.717, 1.165) is 49.3 Å². The van der Waals surface area contributed by atoms with Crippen LogP contribution in [-0.2, 0) is 6.54 Å². The molecule has 0 atom stereocenters. The minimum absolute atomic E-state index is 0.0939. The summed E-state index contributed by atoms with van der Waals surface area (Å²) in [7, 11) is 0. The molecular formula is C22H28FN3O. The molecule has 1 N–H and O–H groups in total. The predicted octanol–water partition coefficient (Wildman–Crippen LogP) is 4.65. The minimum Gasteiger partial charge on any atom is -0.317 e. The van der Waals surface area contributed by atoms with Gasteiger partial charge in [0.2, 0.25) is 0 Å². The fourth-order valence-corrected chi connectivity index (χ4v) is 3.60. The maximum Gasteiger partial charge on any atom is 0.322 e. The summed E-state index contributed by atoms with van der Waals surface area (Å²) in [6.45, 7) is 7.67. The standard InChI is InChI=1S/C22H28FN3O/c1-3-25-14-12-20(13-15-25)26(16-18-8-10-19(23)11-9-18)22(27)24-21-7-5-4-6-17(21)2/h4-11,20H,3,12-16H2,1-2H3,(H,24,27). The molecule has 2 aromatic carbocycles. The second kappa shape index (κ2) is 9.00. The van der Waals surface area contributed by atoms with Crippen LogP contribution in [0.25, 0.3) is 0 Å². The molecule has 4 nitrogen and oxygen atoms in total. The predicted molar refractivity (Wildman–Crippen MR) is 107 cm³/mol. The fraction of sp³-hybridized carbons (Fsp3) is 0.409. The van der Waals surface area contributed by atoms with E-state index in [2.05, 4.69) is 17.1 Å². The molecule has 2 amide bonds. The van der Waals surface area contributed by atoms with Crippen LogP contribution in [0, 0.1) is 12.7 Å². The maximum absolute atomic E-state index is 13.3. The molecule has 27 heavy (non-hydrogen) atoms.